The van der Waals surface area contributed by atoms with E-state index in [-0.39, 0.29) is 29.0 Å². The molecule has 11 heteroatoms. The molecular formula is C24H27F2N3O5S. The normalized spacial score (nSPS) is 17.0. The van der Waals surface area contributed by atoms with Crippen LogP contribution in [0.3, 0.4) is 0 Å². The van der Waals surface area contributed by atoms with Crippen molar-refractivity contribution in [2.24, 2.45) is 5.73 Å². The molecule has 1 atom stereocenters. The Balaban J connectivity index is 1.85. The van der Waals surface area contributed by atoms with Gasteiger partial charge in [-0.05, 0) is 43.1 Å². The number of carbonyl (C=O) groups excluding carboxylic acids is 3. The molecule has 2 amide bonds. The Hall–Kier alpha value is -3.18. The summed E-state index contributed by atoms with van der Waals surface area (Å²) in [5, 5.41) is 2.87. The van der Waals surface area contributed by atoms with Crippen molar-refractivity contribution in [3.05, 3.63) is 65.7 Å². The highest BCUT2D eigenvalue weighted by atomic mass is 32.2. The number of primary amides is 1. The molecular weight excluding hydrogens is 480 g/mol. The predicted molar refractivity (Wildman–Crippen MR) is 124 cm³/mol. The third-order valence-corrected chi connectivity index (χ3v) is 7.61. The van der Waals surface area contributed by atoms with Crippen LogP contribution in [0.1, 0.15) is 41.6 Å². The Kier molecular flexibility index (Phi) is 8.34. The molecule has 0 spiro atoms. The van der Waals surface area contributed by atoms with Crippen LogP contribution in [-0.4, -0.2) is 55.4 Å². The number of nitrogens with one attached hydrogen (secondary N) is 1. The maximum Gasteiger partial charge on any atom is 0.267 e. The minimum absolute atomic E-state index is 0.0243. The van der Waals surface area contributed by atoms with Crippen LogP contribution in [0.15, 0.2) is 59.5 Å². The van der Waals surface area contributed by atoms with Gasteiger partial charge in [-0.25, -0.2) is 21.5 Å². The summed E-state index contributed by atoms with van der Waals surface area (Å²) in [4.78, 5) is 37.2. The Labute approximate surface area is 202 Å². The van der Waals surface area contributed by atoms with Crippen molar-refractivity contribution in [1.82, 2.24) is 9.62 Å². The number of ketones is 1. The zero-order valence-corrected chi connectivity index (χ0v) is 19.8. The summed E-state index contributed by atoms with van der Waals surface area (Å²) in [5.41, 5.74) is 5.23. The molecule has 3 rings (SSSR count). The van der Waals surface area contributed by atoms with Gasteiger partial charge in [0.05, 0.1) is 11.4 Å². The van der Waals surface area contributed by atoms with Crippen LogP contribution in [0, 0.1) is 0 Å². The van der Waals surface area contributed by atoms with Gasteiger partial charge in [0.2, 0.25) is 11.8 Å². The molecule has 8 nitrogen and oxygen atoms in total. The summed E-state index contributed by atoms with van der Waals surface area (Å²) < 4.78 is 56.9. The number of rotatable bonds is 9. The molecule has 2 aromatic carbocycles. The van der Waals surface area contributed by atoms with Gasteiger partial charge in [-0.3, -0.25) is 14.4 Å². The molecule has 1 saturated heterocycles. The number of alkyl halides is 2. The van der Waals surface area contributed by atoms with Crippen molar-refractivity contribution in [2.45, 2.75) is 49.0 Å². The van der Waals surface area contributed by atoms with Crippen LogP contribution < -0.4 is 11.1 Å². The van der Waals surface area contributed by atoms with E-state index in [1.54, 1.807) is 6.07 Å². The number of nitrogens with two attached hydrogens (primary N) is 1. The van der Waals surface area contributed by atoms with Crippen molar-refractivity contribution in [3.63, 3.8) is 0 Å². The molecule has 1 fully saturated rings. The van der Waals surface area contributed by atoms with E-state index in [9.17, 15) is 31.6 Å². The number of benzene rings is 2. The third-order valence-electron chi connectivity index (χ3n) is 5.77. The first-order valence-electron chi connectivity index (χ1n) is 11.1. The summed E-state index contributed by atoms with van der Waals surface area (Å²) in [6, 6.07) is 11.5. The molecule has 0 aliphatic carbocycles. The van der Waals surface area contributed by atoms with Gasteiger partial charge in [0.1, 0.15) is 6.04 Å². The molecule has 0 aromatic heterocycles. The molecule has 188 valence electrons. The molecule has 2 aromatic rings. The van der Waals surface area contributed by atoms with Gasteiger partial charge in [-0.15, -0.1) is 0 Å². The van der Waals surface area contributed by atoms with Gasteiger partial charge < -0.3 is 11.1 Å². The van der Waals surface area contributed by atoms with Crippen LogP contribution >= 0.6 is 0 Å². The second-order valence-electron chi connectivity index (χ2n) is 8.36. The lowest BCUT2D eigenvalue weighted by Crippen LogP contribution is -2.49. The van der Waals surface area contributed by atoms with Gasteiger partial charge in [0, 0.05) is 24.8 Å². The summed E-state index contributed by atoms with van der Waals surface area (Å²) in [6.07, 6.45) is -2.11. The van der Waals surface area contributed by atoms with Gasteiger partial charge in [-0.1, -0.05) is 36.4 Å². The largest absolute Gasteiger partial charge is 0.366 e. The molecule has 3 N–H and O–H groups in total. The minimum atomic E-state index is -4.46. The zero-order valence-electron chi connectivity index (χ0n) is 19.0. The molecule has 35 heavy (non-hydrogen) atoms. The first kappa shape index (κ1) is 26.4. The summed E-state index contributed by atoms with van der Waals surface area (Å²) in [6.45, 7) is 0.339. The average Bonchev–Trinajstić information content (AvgIpc) is 3.02. The maximum atomic E-state index is 14.8. The lowest BCUT2D eigenvalue weighted by Gasteiger charge is -2.30. The van der Waals surface area contributed by atoms with Crippen molar-refractivity contribution < 1.29 is 31.6 Å². The number of nitrogens with zero attached hydrogens (tertiary/aromatic N) is 1. The van der Waals surface area contributed by atoms with Gasteiger partial charge in [-0.2, -0.15) is 0 Å². The van der Waals surface area contributed by atoms with Crippen molar-refractivity contribution in [3.8, 4) is 0 Å². The lowest BCUT2D eigenvalue weighted by molar-refractivity contribution is -0.135. The van der Waals surface area contributed by atoms with Crippen molar-refractivity contribution in [1.29, 1.82) is 0 Å². The van der Waals surface area contributed by atoms with Crippen LogP contribution in [0.25, 0.3) is 0 Å². The Morgan fingerprint density at radius 2 is 1.74 bits per heavy atom. The van der Waals surface area contributed by atoms with E-state index in [2.05, 4.69) is 5.32 Å². The monoisotopic (exact) mass is 507 g/mol. The highest BCUT2D eigenvalue weighted by molar-refractivity contribution is 7.89. The van der Waals surface area contributed by atoms with E-state index in [0.717, 1.165) is 0 Å². The first-order chi connectivity index (χ1) is 16.5. The lowest BCUT2D eigenvalue weighted by atomic mass is 9.98. The molecule has 1 aliphatic rings. The zero-order chi connectivity index (χ0) is 25.6. The second-order valence-corrected chi connectivity index (χ2v) is 10.2. The summed E-state index contributed by atoms with van der Waals surface area (Å²) in [5.74, 6) is -5.87. The predicted octanol–water partition coefficient (Wildman–Crippen LogP) is 2.28. The Bertz CT molecular complexity index is 1190. The van der Waals surface area contributed by atoms with Gasteiger partial charge in [0.15, 0.2) is 5.78 Å². The van der Waals surface area contributed by atoms with E-state index in [1.807, 2.05) is 0 Å². The minimum Gasteiger partial charge on any atom is -0.366 e. The van der Waals surface area contributed by atoms with Gasteiger partial charge in [0.25, 0.3) is 15.9 Å². The number of hydrogen-bond acceptors (Lipinski definition) is 6. The van der Waals surface area contributed by atoms with Crippen molar-refractivity contribution in [2.75, 3.05) is 13.1 Å². The molecule has 0 unspecified atom stereocenters. The fourth-order valence-corrected chi connectivity index (χ4v) is 5.67. The highest BCUT2D eigenvalue weighted by Crippen LogP contribution is 2.29. The smallest absolute Gasteiger partial charge is 0.267 e. The topological polar surface area (TPSA) is 127 Å². The summed E-state index contributed by atoms with van der Waals surface area (Å²) >= 11 is 0. The van der Waals surface area contributed by atoms with Crippen LogP contribution in [0.2, 0.25) is 0 Å². The Morgan fingerprint density at radius 1 is 1.09 bits per heavy atom. The summed E-state index contributed by atoms with van der Waals surface area (Å²) in [7, 11) is -4.46. The number of hydrogen-bond donors (Lipinski definition) is 2. The third kappa shape index (κ3) is 6.49. The molecule has 0 saturated carbocycles. The maximum absolute atomic E-state index is 14.8. The Morgan fingerprint density at radius 3 is 2.43 bits per heavy atom. The second kappa shape index (κ2) is 11.0. The fourth-order valence-electron chi connectivity index (χ4n) is 4.02. The van der Waals surface area contributed by atoms with E-state index in [1.165, 1.54) is 48.5 Å². The number of amides is 2. The van der Waals surface area contributed by atoms with Crippen LogP contribution in [-0.2, 0) is 26.0 Å². The highest BCUT2D eigenvalue weighted by Gasteiger charge is 2.41. The molecule has 0 bridgehead atoms. The van der Waals surface area contributed by atoms with E-state index < -0.39 is 58.8 Å². The number of halogens is 2. The SMILES string of the molecule is NC(=O)c1ccccc1CC(F)(F)CCC(=O)N([C@H]1CCCNCC1=O)S(=O)(=O)c1ccccc1. The van der Waals surface area contributed by atoms with Crippen LogP contribution in [0.5, 0.6) is 0 Å². The molecule has 1 heterocycles. The quantitative estimate of drug-likeness (QED) is 0.536. The first-order valence-corrected chi connectivity index (χ1v) is 12.6. The number of carbonyl (C=O) groups is 3. The average molecular weight is 508 g/mol. The number of sulfonamides is 1. The van der Waals surface area contributed by atoms with E-state index >= 15 is 0 Å². The van der Waals surface area contributed by atoms with E-state index in [0.29, 0.717) is 17.3 Å². The molecule has 0 radical (unpaired) electrons. The van der Waals surface area contributed by atoms with E-state index in [4.69, 9.17) is 5.73 Å². The van der Waals surface area contributed by atoms with Crippen LogP contribution in [0.4, 0.5) is 8.78 Å². The van der Waals surface area contributed by atoms with Crippen molar-refractivity contribution >= 4 is 27.6 Å². The fraction of sp³-hybridized carbons (Fsp3) is 0.375. The number of Topliss-reactive ketones (excluding diaryl/α,β-unsaturated/α-hetero) is 1. The standard InChI is InChI=1S/C24H27F2N3O5S/c25-24(26,15-17-7-4-5-10-19(17)23(27)32)13-12-22(31)29(20-11-6-14-28-16-21(20)30)35(33,34)18-8-2-1-3-9-18/h1-5,7-10,20,28H,6,11-16H2,(H2,27,32)/t20-/m0/s1. The van der Waals surface area contributed by atoms with Gasteiger partial charge >= 0.3 is 0 Å². The molecule has 1 aliphatic heterocycles.